The van der Waals surface area contributed by atoms with Crippen LogP contribution >= 0.6 is 23.2 Å². The molecule has 0 spiro atoms. The van der Waals surface area contributed by atoms with Gasteiger partial charge in [0.2, 0.25) is 30.3 Å². The van der Waals surface area contributed by atoms with Crippen molar-refractivity contribution in [3.8, 4) is 17.2 Å². The second-order valence-electron chi connectivity index (χ2n) is 8.90. The predicted octanol–water partition coefficient (Wildman–Crippen LogP) is 2.14. The summed E-state index contributed by atoms with van der Waals surface area (Å²) in [6, 6.07) is 0. The number of allylic oxidation sites excluding steroid dienone is 2. The largest absolute Gasteiger partial charge is 0.507 e. The zero-order valence-electron chi connectivity index (χ0n) is 22.1. The molecule has 1 aliphatic heterocycles. The Balaban J connectivity index is 2.18. The van der Waals surface area contributed by atoms with E-state index in [4.69, 9.17) is 51.6 Å². The molecule has 1 aromatic rings. The van der Waals surface area contributed by atoms with E-state index in [1.165, 1.54) is 6.92 Å². The Kier molecular flexibility index (Phi) is 9.51. The highest BCUT2D eigenvalue weighted by Gasteiger charge is 2.53. The third kappa shape index (κ3) is 6.39. The van der Waals surface area contributed by atoms with Crippen LogP contribution in [0.25, 0.3) is 0 Å². The average Bonchev–Trinajstić information content (AvgIpc) is 2.86. The number of Topliss-reactive ketones (excluding diaryl/α,β-unsaturated/α-hetero) is 2. The fraction of sp³-hybridized carbons (Fsp3) is 0.440. The molecule has 14 nitrogen and oxygen atoms in total. The normalized spacial score (nSPS) is 23.8. The summed E-state index contributed by atoms with van der Waals surface area (Å²) in [5, 5.41) is 20.5. The minimum absolute atomic E-state index is 0.269. The maximum atomic E-state index is 12.8. The monoisotopic (exact) mass is 618 g/mol. The summed E-state index contributed by atoms with van der Waals surface area (Å²) in [7, 11) is 0. The Morgan fingerprint density at radius 1 is 0.756 bits per heavy atom. The smallest absolute Gasteiger partial charge is 0.305 e. The van der Waals surface area contributed by atoms with Gasteiger partial charge in [0.05, 0.1) is 17.0 Å². The summed E-state index contributed by atoms with van der Waals surface area (Å²) in [5.41, 5.74) is -1.62. The lowest BCUT2D eigenvalue weighted by molar-refractivity contribution is -0.319. The molecule has 1 aromatic carbocycles. The van der Waals surface area contributed by atoms with Crippen LogP contribution in [0.5, 0.6) is 17.2 Å². The Labute approximate surface area is 242 Å². The van der Waals surface area contributed by atoms with Gasteiger partial charge < -0.3 is 33.9 Å². The second-order valence-corrected chi connectivity index (χ2v) is 9.66. The third-order valence-corrected chi connectivity index (χ3v) is 6.73. The van der Waals surface area contributed by atoms with Crippen molar-refractivity contribution >= 4 is 58.6 Å². The maximum absolute atomic E-state index is 12.8. The SMILES string of the molecule is CC(=O)OC[C@H]1[C@H](Oc2c(C)c(O)c3c(c2O)C(=O)C(Cl)=C(Cl)C3=O)O[C@H](OC(C)=O)[C@@H](OC(C)=O)[C@@H]1OC(C)=O. The first-order valence-corrected chi connectivity index (χ1v) is 12.5. The molecule has 0 amide bonds. The Hall–Kier alpha value is -3.88. The van der Waals surface area contributed by atoms with E-state index in [1.807, 2.05) is 0 Å². The lowest BCUT2D eigenvalue weighted by Gasteiger charge is -2.44. The molecule has 1 saturated heterocycles. The number of carbonyl (C=O) groups is 6. The van der Waals surface area contributed by atoms with Crippen molar-refractivity contribution in [2.24, 2.45) is 5.92 Å². The van der Waals surface area contributed by atoms with E-state index in [-0.39, 0.29) is 5.56 Å². The predicted molar refractivity (Wildman–Crippen MR) is 134 cm³/mol. The van der Waals surface area contributed by atoms with Gasteiger partial charge in [0.1, 0.15) is 22.4 Å². The van der Waals surface area contributed by atoms with Gasteiger partial charge >= 0.3 is 23.9 Å². The summed E-state index contributed by atoms with van der Waals surface area (Å²) in [4.78, 5) is 72.9. The van der Waals surface area contributed by atoms with Gasteiger partial charge in [-0.25, -0.2) is 0 Å². The van der Waals surface area contributed by atoms with Crippen LogP contribution in [0.4, 0.5) is 0 Å². The fourth-order valence-electron chi connectivity index (χ4n) is 4.23. The molecule has 5 atom stereocenters. The van der Waals surface area contributed by atoms with Gasteiger partial charge in [0.25, 0.3) is 0 Å². The quantitative estimate of drug-likeness (QED) is 0.256. The van der Waals surface area contributed by atoms with Crippen molar-refractivity contribution in [1.82, 2.24) is 0 Å². The molecule has 1 aliphatic carbocycles. The fourth-order valence-corrected chi connectivity index (χ4v) is 4.59. The first-order chi connectivity index (χ1) is 19.1. The van der Waals surface area contributed by atoms with Crippen molar-refractivity contribution in [2.75, 3.05) is 6.61 Å². The molecule has 3 rings (SSSR count). The highest BCUT2D eigenvalue weighted by molar-refractivity contribution is 6.59. The number of ether oxygens (including phenoxy) is 6. The molecule has 41 heavy (non-hydrogen) atoms. The number of aromatic hydroxyl groups is 2. The second kappa shape index (κ2) is 12.3. The number of halogens is 2. The lowest BCUT2D eigenvalue weighted by Crippen LogP contribution is -2.60. The molecule has 2 aliphatic rings. The van der Waals surface area contributed by atoms with Crippen LogP contribution in [0.1, 0.15) is 54.0 Å². The number of esters is 4. The summed E-state index contributed by atoms with van der Waals surface area (Å²) >= 11 is 11.7. The van der Waals surface area contributed by atoms with Crippen LogP contribution in [0.15, 0.2) is 10.1 Å². The molecule has 0 saturated carbocycles. The zero-order valence-corrected chi connectivity index (χ0v) is 23.7. The number of hydrogen-bond donors (Lipinski definition) is 2. The summed E-state index contributed by atoms with van der Waals surface area (Å²) in [6.07, 6.45) is -6.59. The number of carbonyl (C=O) groups excluding carboxylic acids is 6. The van der Waals surface area contributed by atoms with E-state index in [0.29, 0.717) is 0 Å². The van der Waals surface area contributed by atoms with E-state index < -0.39 is 111 Å². The van der Waals surface area contributed by atoms with Gasteiger partial charge in [-0.15, -0.1) is 0 Å². The van der Waals surface area contributed by atoms with E-state index in [1.54, 1.807) is 0 Å². The molecule has 0 bridgehead atoms. The summed E-state index contributed by atoms with van der Waals surface area (Å²) < 4.78 is 32.3. The van der Waals surface area contributed by atoms with Crippen molar-refractivity contribution in [1.29, 1.82) is 0 Å². The van der Waals surface area contributed by atoms with Crippen molar-refractivity contribution in [3.63, 3.8) is 0 Å². The molecule has 0 aromatic heterocycles. The van der Waals surface area contributed by atoms with Crippen LogP contribution in [-0.2, 0) is 42.9 Å². The minimum atomic E-state index is -1.76. The molecule has 16 heteroatoms. The van der Waals surface area contributed by atoms with Crippen LogP contribution in [0.2, 0.25) is 0 Å². The number of phenolic OH excluding ortho intramolecular Hbond substituents is 2. The molecule has 1 fully saturated rings. The highest BCUT2D eigenvalue weighted by Crippen LogP contribution is 2.48. The van der Waals surface area contributed by atoms with Crippen molar-refractivity contribution in [2.45, 2.75) is 59.4 Å². The number of hydrogen-bond acceptors (Lipinski definition) is 14. The zero-order chi connectivity index (χ0) is 30.9. The van der Waals surface area contributed by atoms with Gasteiger partial charge in [-0.1, -0.05) is 23.2 Å². The maximum Gasteiger partial charge on any atom is 0.305 e. The van der Waals surface area contributed by atoms with Crippen LogP contribution in [0.3, 0.4) is 0 Å². The molecule has 1 heterocycles. The van der Waals surface area contributed by atoms with Gasteiger partial charge in [-0.05, 0) is 6.92 Å². The molecular weight excluding hydrogens is 595 g/mol. The summed E-state index contributed by atoms with van der Waals surface area (Å²) in [6.45, 7) is 4.78. The molecule has 0 radical (unpaired) electrons. The van der Waals surface area contributed by atoms with Crippen LogP contribution < -0.4 is 4.74 Å². The number of ketones is 2. The lowest BCUT2D eigenvalue weighted by atomic mass is 9.89. The third-order valence-electron chi connectivity index (χ3n) is 5.91. The molecule has 2 N–H and O–H groups in total. The minimum Gasteiger partial charge on any atom is -0.507 e. The first-order valence-electron chi connectivity index (χ1n) is 11.8. The number of phenols is 2. The van der Waals surface area contributed by atoms with E-state index in [0.717, 1.165) is 27.7 Å². The molecule has 0 unspecified atom stereocenters. The van der Waals surface area contributed by atoms with Crippen molar-refractivity contribution in [3.05, 3.63) is 26.8 Å². The number of fused-ring (bicyclic) bond motifs is 1. The Morgan fingerprint density at radius 3 is 1.73 bits per heavy atom. The Morgan fingerprint density at radius 2 is 1.24 bits per heavy atom. The number of rotatable bonds is 7. The van der Waals surface area contributed by atoms with E-state index in [9.17, 15) is 39.0 Å². The first kappa shape index (κ1) is 31.6. The average molecular weight is 619 g/mol. The van der Waals surface area contributed by atoms with Gasteiger partial charge in [-0.3, -0.25) is 33.5 Å². The van der Waals surface area contributed by atoms with E-state index in [2.05, 4.69) is 0 Å². The van der Waals surface area contributed by atoms with Gasteiger partial charge in [0, 0.05) is 33.3 Å². The van der Waals surface area contributed by atoms with Crippen molar-refractivity contribution < 1.29 is 67.4 Å². The molecule has 222 valence electrons. The number of benzene rings is 1. The molecular formula is C25H24Cl2O14. The van der Waals surface area contributed by atoms with Crippen LogP contribution in [-0.4, -0.2) is 77.1 Å². The van der Waals surface area contributed by atoms with Gasteiger partial charge in [-0.2, -0.15) is 0 Å². The topological polar surface area (TPSA) is 198 Å². The standard InChI is InChI=1S/C25H24Cl2O14/c1-7-17(32)13-14(19(34)16(27)15(26)18(13)33)20(35)21(7)40-24-12(6-36-8(2)28)22(37-9(3)29)23(38-10(4)30)25(41-24)39-11(5)31/h12,22-25,32,35H,6H2,1-5H3/t12-,22-,23+,24-,25+/m1/s1. The van der Waals surface area contributed by atoms with E-state index >= 15 is 0 Å². The van der Waals surface area contributed by atoms with Crippen LogP contribution in [0, 0.1) is 12.8 Å². The summed E-state index contributed by atoms with van der Waals surface area (Å²) in [5.74, 6) is -9.23. The highest BCUT2D eigenvalue weighted by atomic mass is 35.5. The Bertz CT molecular complexity index is 1370. The van der Waals surface area contributed by atoms with Gasteiger partial charge in [0.15, 0.2) is 17.6 Å².